The van der Waals surface area contributed by atoms with Gasteiger partial charge in [0.1, 0.15) is 0 Å². The molecular weight excluding hydrogens is 216 g/mol. The van der Waals surface area contributed by atoms with Crippen LogP contribution in [0, 0.1) is 0 Å². The first-order chi connectivity index (χ1) is 7.74. The highest BCUT2D eigenvalue weighted by Gasteiger charge is 2.14. The quantitative estimate of drug-likeness (QED) is 0.788. The van der Waals surface area contributed by atoms with Crippen LogP contribution in [0.1, 0.15) is 9.67 Å². The molecule has 0 fully saturated rings. The highest BCUT2D eigenvalue weighted by molar-refractivity contribution is 7.91. The molecule has 0 N–H and O–H groups in total. The predicted molar refractivity (Wildman–Crippen MR) is 57.3 cm³/mol. The second-order valence-corrected chi connectivity index (χ2v) is 4.61. The third kappa shape index (κ3) is 2.41. The molecule has 1 rings (SSSR count). The summed E-state index contributed by atoms with van der Waals surface area (Å²) in [4.78, 5) is -0.136. The Balaban J connectivity index is 3.36. The van der Waals surface area contributed by atoms with Crippen molar-refractivity contribution >= 4 is 9.84 Å². The van der Waals surface area contributed by atoms with Crippen LogP contribution in [-0.4, -0.2) is 28.3 Å². The first-order valence-corrected chi connectivity index (χ1v) is 5.69. The largest absolute Gasteiger partial charge is 0.493 e. The lowest BCUT2D eigenvalue weighted by atomic mass is 10.3. The molecule has 0 saturated heterocycles. The summed E-state index contributed by atoms with van der Waals surface area (Å²) >= 11 is 0. The van der Waals surface area contributed by atoms with Gasteiger partial charge >= 0.3 is 0 Å². The van der Waals surface area contributed by atoms with Gasteiger partial charge in [-0.15, -0.1) is 0 Å². The Morgan fingerprint density at radius 2 is 2.00 bits per heavy atom. The first-order valence-electron chi connectivity index (χ1n) is 5.20. The molecule has 0 spiro atoms. The van der Waals surface area contributed by atoms with E-state index in [1.807, 2.05) is 0 Å². The van der Waals surface area contributed by atoms with E-state index in [9.17, 15) is 8.42 Å². The molecule has 84 valence electrons. The fraction of sp³-hybridized carbons (Fsp3) is 0.400. The molecular formula is C10H14O4S. The summed E-state index contributed by atoms with van der Waals surface area (Å²) in [6.07, 6.45) is 0. The first kappa shape index (κ1) is 9.03. The third-order valence-corrected chi connectivity index (χ3v) is 3.35. The fourth-order valence-corrected chi connectivity index (χ4v) is 1.85. The molecule has 0 amide bonds. The SMILES string of the molecule is [1H]C([2H])(C)S(=O)(=O)c1ccc(OC)c(OC)c1. The van der Waals surface area contributed by atoms with E-state index in [0.29, 0.717) is 5.75 Å². The molecule has 0 heterocycles. The maximum Gasteiger partial charge on any atom is 0.178 e. The van der Waals surface area contributed by atoms with Gasteiger partial charge in [0.15, 0.2) is 21.3 Å². The molecule has 1 aromatic rings. The Morgan fingerprint density at radius 3 is 2.47 bits per heavy atom. The maximum absolute atomic E-state index is 11.9. The number of hydrogen-bond acceptors (Lipinski definition) is 4. The Kier molecular flexibility index (Phi) is 2.72. The van der Waals surface area contributed by atoms with E-state index in [1.54, 1.807) is 0 Å². The van der Waals surface area contributed by atoms with E-state index in [0.717, 1.165) is 6.92 Å². The molecule has 5 heteroatoms. The van der Waals surface area contributed by atoms with Gasteiger partial charge in [0.25, 0.3) is 0 Å². The molecule has 4 nitrogen and oxygen atoms in total. The Bertz CT molecular complexity index is 506. The molecule has 1 unspecified atom stereocenters. The lowest BCUT2D eigenvalue weighted by Gasteiger charge is -2.09. The standard InChI is InChI=1S/C10H14O4S/c1-4-15(11,12)8-5-6-9(13-2)10(7-8)14-3/h5-7H,4H2,1-3H3/i4DH. The van der Waals surface area contributed by atoms with Gasteiger partial charge in [0.05, 0.1) is 24.8 Å². The van der Waals surface area contributed by atoms with Gasteiger partial charge in [0.2, 0.25) is 0 Å². The van der Waals surface area contributed by atoms with E-state index >= 15 is 0 Å². The van der Waals surface area contributed by atoms with Crippen molar-refractivity contribution in [2.45, 2.75) is 11.8 Å². The number of rotatable bonds is 4. The number of benzene rings is 1. The zero-order valence-electron chi connectivity index (χ0n) is 10.8. The maximum atomic E-state index is 11.9. The van der Waals surface area contributed by atoms with Crippen LogP contribution < -0.4 is 9.47 Å². The summed E-state index contributed by atoms with van der Waals surface area (Å²) < 4.78 is 48.3. The van der Waals surface area contributed by atoms with Crippen LogP contribution in [0.15, 0.2) is 23.1 Å². The van der Waals surface area contributed by atoms with Crippen molar-refractivity contribution in [3.05, 3.63) is 18.2 Å². The second kappa shape index (κ2) is 4.53. The van der Waals surface area contributed by atoms with Crippen molar-refractivity contribution in [1.29, 1.82) is 0 Å². The average molecular weight is 231 g/mol. The van der Waals surface area contributed by atoms with Gasteiger partial charge in [-0.1, -0.05) is 6.92 Å². The van der Waals surface area contributed by atoms with E-state index < -0.39 is 15.5 Å². The van der Waals surface area contributed by atoms with Gasteiger partial charge in [-0.2, -0.15) is 0 Å². The summed E-state index contributed by atoms with van der Waals surface area (Å²) in [5.74, 6) is 0.640. The fourth-order valence-electron chi connectivity index (χ4n) is 1.10. The van der Waals surface area contributed by atoms with E-state index in [4.69, 9.17) is 12.2 Å². The van der Waals surface area contributed by atoms with Crippen LogP contribution in [0.2, 0.25) is 0 Å². The van der Waals surface area contributed by atoms with E-state index in [2.05, 4.69) is 0 Å². The molecule has 1 atom stereocenters. The third-order valence-electron chi connectivity index (χ3n) is 1.93. The highest BCUT2D eigenvalue weighted by atomic mass is 32.2. The van der Waals surface area contributed by atoms with E-state index in [1.165, 1.54) is 32.4 Å². The van der Waals surface area contributed by atoms with Crippen LogP contribution in [0.4, 0.5) is 0 Å². The molecule has 0 bridgehead atoms. The summed E-state index contributed by atoms with van der Waals surface area (Å²) in [5, 5.41) is 0. The van der Waals surface area contributed by atoms with Crippen LogP contribution >= 0.6 is 0 Å². The summed E-state index contributed by atoms with van der Waals surface area (Å²) in [5.41, 5.74) is -2.34. The summed E-state index contributed by atoms with van der Waals surface area (Å²) in [6.45, 7) is 0.999. The monoisotopic (exact) mass is 231 g/mol. The minimum absolute atomic E-state index is 0.136. The van der Waals surface area contributed by atoms with Crippen molar-refractivity contribution in [3.63, 3.8) is 0 Å². The predicted octanol–water partition coefficient (Wildman–Crippen LogP) is 1.50. The lowest BCUT2D eigenvalue weighted by Crippen LogP contribution is -2.04. The molecule has 15 heavy (non-hydrogen) atoms. The van der Waals surface area contributed by atoms with Gasteiger partial charge in [-0.05, 0) is 12.1 Å². The number of methoxy groups -OCH3 is 2. The highest BCUT2D eigenvalue weighted by Crippen LogP contribution is 2.29. The van der Waals surface area contributed by atoms with Crippen molar-refractivity contribution in [3.8, 4) is 11.5 Å². The zero-order chi connectivity index (χ0) is 13.3. The number of ether oxygens (including phenoxy) is 2. The van der Waals surface area contributed by atoms with Gasteiger partial charge in [-0.3, -0.25) is 0 Å². The molecule has 0 aliphatic rings. The number of hydrogen-bond donors (Lipinski definition) is 0. The Labute approximate surface area is 92.6 Å². The van der Waals surface area contributed by atoms with Crippen molar-refractivity contribution in [2.24, 2.45) is 0 Å². The zero-order valence-corrected chi connectivity index (χ0v) is 9.59. The topological polar surface area (TPSA) is 52.6 Å². The van der Waals surface area contributed by atoms with Gasteiger partial charge < -0.3 is 9.47 Å². The normalized spacial score (nSPS) is 17.3. The molecule has 0 aliphatic carbocycles. The molecule has 0 radical (unpaired) electrons. The van der Waals surface area contributed by atoms with Crippen LogP contribution in [0.25, 0.3) is 0 Å². The van der Waals surface area contributed by atoms with Gasteiger partial charge in [0, 0.05) is 8.81 Å². The van der Waals surface area contributed by atoms with Crippen LogP contribution in [0.3, 0.4) is 0 Å². The summed E-state index contributed by atoms with van der Waals surface area (Å²) in [7, 11) is -1.22. The van der Waals surface area contributed by atoms with Crippen LogP contribution in [0.5, 0.6) is 11.5 Å². The molecule has 0 saturated carbocycles. The lowest BCUT2D eigenvalue weighted by molar-refractivity contribution is 0.354. The summed E-state index contributed by atoms with van der Waals surface area (Å²) in [6, 6.07) is 3.96. The minimum atomic E-state index is -4.04. The van der Waals surface area contributed by atoms with E-state index in [-0.39, 0.29) is 10.6 Å². The molecule has 0 aromatic heterocycles. The smallest absolute Gasteiger partial charge is 0.178 e. The minimum Gasteiger partial charge on any atom is -0.493 e. The van der Waals surface area contributed by atoms with Gasteiger partial charge in [-0.25, -0.2) is 8.42 Å². The van der Waals surface area contributed by atoms with Crippen molar-refractivity contribution in [2.75, 3.05) is 19.9 Å². The average Bonchev–Trinajstić information content (AvgIpc) is 2.26. The Morgan fingerprint density at radius 1 is 1.40 bits per heavy atom. The second-order valence-electron chi connectivity index (χ2n) is 2.72. The molecule has 1 aromatic carbocycles. The van der Waals surface area contributed by atoms with Crippen molar-refractivity contribution in [1.82, 2.24) is 0 Å². The van der Waals surface area contributed by atoms with Crippen LogP contribution in [-0.2, 0) is 9.84 Å². The number of sulfone groups is 1. The van der Waals surface area contributed by atoms with Crippen molar-refractivity contribution < 1.29 is 20.6 Å². The molecule has 0 aliphatic heterocycles. The Hall–Kier alpha value is -1.23.